The summed E-state index contributed by atoms with van der Waals surface area (Å²) in [6.45, 7) is 2.50. The van der Waals surface area contributed by atoms with Gasteiger partial charge in [0, 0.05) is 18.7 Å². The second-order valence-electron chi connectivity index (χ2n) is 5.21. The van der Waals surface area contributed by atoms with E-state index >= 15 is 0 Å². The monoisotopic (exact) mass is 341 g/mol. The molecule has 0 N–H and O–H groups in total. The predicted molar refractivity (Wildman–Crippen MR) is 92.9 cm³/mol. The second kappa shape index (κ2) is 6.76. The summed E-state index contributed by atoms with van der Waals surface area (Å²) < 4.78 is 2.70. The predicted octanol–water partition coefficient (Wildman–Crippen LogP) is 3.30. The average Bonchev–Trinajstić information content (AvgIpc) is 2.91. The van der Waals surface area contributed by atoms with Crippen LogP contribution in [0.25, 0.3) is 10.2 Å². The molecule has 1 amide bonds. The Balaban J connectivity index is 2.02. The molecule has 0 fully saturated rings. The van der Waals surface area contributed by atoms with Crippen molar-refractivity contribution in [3.8, 4) is 0 Å². The van der Waals surface area contributed by atoms with Crippen molar-refractivity contribution in [1.29, 1.82) is 0 Å². The van der Waals surface area contributed by atoms with Crippen LogP contribution in [0.15, 0.2) is 53.5 Å². The number of carbonyl (C=O) groups excluding carboxylic acids is 1. The number of nitro benzene ring substituents is 1. The molecule has 0 bridgehead atoms. The topological polar surface area (TPSA) is 77.5 Å². The van der Waals surface area contributed by atoms with Crippen molar-refractivity contribution < 1.29 is 9.72 Å². The molecule has 0 radical (unpaired) electrons. The zero-order chi connectivity index (χ0) is 17.1. The molecule has 7 heteroatoms. The van der Waals surface area contributed by atoms with E-state index in [9.17, 15) is 14.9 Å². The van der Waals surface area contributed by atoms with Crippen LogP contribution in [-0.4, -0.2) is 15.4 Å². The van der Waals surface area contributed by atoms with Crippen molar-refractivity contribution in [2.75, 3.05) is 0 Å². The molecule has 24 heavy (non-hydrogen) atoms. The summed E-state index contributed by atoms with van der Waals surface area (Å²) in [5, 5.41) is 11.0. The molecule has 0 aliphatic rings. The molecule has 0 saturated carbocycles. The van der Waals surface area contributed by atoms with Gasteiger partial charge in [-0.15, -0.1) is 0 Å². The number of fused-ring (bicyclic) bond motifs is 1. The van der Waals surface area contributed by atoms with Crippen LogP contribution in [0.2, 0.25) is 0 Å². The van der Waals surface area contributed by atoms with Crippen LogP contribution in [0.5, 0.6) is 0 Å². The number of rotatable bonds is 4. The highest BCUT2D eigenvalue weighted by atomic mass is 32.1. The molecule has 0 aliphatic carbocycles. The molecule has 122 valence electrons. The molecule has 3 aromatic rings. The van der Waals surface area contributed by atoms with Crippen molar-refractivity contribution in [3.05, 3.63) is 69.0 Å². The molecule has 0 aliphatic heterocycles. The summed E-state index contributed by atoms with van der Waals surface area (Å²) in [6, 6.07) is 14.1. The van der Waals surface area contributed by atoms with Crippen molar-refractivity contribution >= 4 is 33.1 Å². The van der Waals surface area contributed by atoms with Crippen molar-refractivity contribution in [3.63, 3.8) is 0 Å². The van der Waals surface area contributed by atoms with E-state index in [0.29, 0.717) is 11.3 Å². The standard InChI is InChI=1S/C17H15N3O3S/c1-2-19-14-11-13(20(22)23)8-9-15(14)24-17(19)18-16(21)10-12-6-4-3-5-7-12/h3-9,11H,2,10H2,1H3. The van der Waals surface area contributed by atoms with Gasteiger partial charge >= 0.3 is 0 Å². The second-order valence-corrected chi connectivity index (χ2v) is 6.22. The van der Waals surface area contributed by atoms with E-state index in [0.717, 1.165) is 15.8 Å². The van der Waals surface area contributed by atoms with Gasteiger partial charge in [-0.2, -0.15) is 4.99 Å². The fourth-order valence-electron chi connectivity index (χ4n) is 2.48. The van der Waals surface area contributed by atoms with Crippen molar-refractivity contribution in [2.24, 2.45) is 4.99 Å². The van der Waals surface area contributed by atoms with Gasteiger partial charge in [-0.05, 0) is 18.6 Å². The fraction of sp³-hybridized carbons (Fsp3) is 0.176. The van der Waals surface area contributed by atoms with Gasteiger partial charge in [0.1, 0.15) is 0 Å². The van der Waals surface area contributed by atoms with Gasteiger partial charge in [-0.3, -0.25) is 14.9 Å². The molecule has 0 spiro atoms. The van der Waals surface area contributed by atoms with Crippen LogP contribution in [-0.2, 0) is 17.8 Å². The third-order valence-electron chi connectivity index (χ3n) is 3.61. The minimum Gasteiger partial charge on any atom is -0.316 e. The summed E-state index contributed by atoms with van der Waals surface area (Å²) >= 11 is 1.36. The maximum atomic E-state index is 12.2. The number of non-ortho nitro benzene ring substituents is 1. The summed E-state index contributed by atoms with van der Waals surface area (Å²) in [5.41, 5.74) is 1.67. The van der Waals surface area contributed by atoms with E-state index < -0.39 is 4.92 Å². The first-order chi connectivity index (χ1) is 11.6. The van der Waals surface area contributed by atoms with E-state index in [4.69, 9.17) is 0 Å². The normalized spacial score (nSPS) is 11.8. The highest BCUT2D eigenvalue weighted by molar-refractivity contribution is 7.16. The lowest BCUT2D eigenvalue weighted by Gasteiger charge is -2.00. The molecule has 0 atom stereocenters. The Morgan fingerprint density at radius 3 is 2.67 bits per heavy atom. The van der Waals surface area contributed by atoms with Crippen LogP contribution in [0, 0.1) is 10.1 Å². The molecule has 0 unspecified atom stereocenters. The number of amides is 1. The minimum atomic E-state index is -0.422. The van der Waals surface area contributed by atoms with Crippen molar-refractivity contribution in [2.45, 2.75) is 19.9 Å². The van der Waals surface area contributed by atoms with Crippen LogP contribution in [0.4, 0.5) is 5.69 Å². The number of nitro groups is 1. The average molecular weight is 341 g/mol. The maximum absolute atomic E-state index is 12.2. The van der Waals surface area contributed by atoms with Crippen LogP contribution in [0.1, 0.15) is 12.5 Å². The SMILES string of the molecule is CCn1c(=NC(=O)Cc2ccccc2)sc2ccc([N+](=O)[O-])cc21. The number of benzene rings is 2. The number of aromatic nitrogens is 1. The third kappa shape index (κ3) is 3.26. The number of hydrogen-bond donors (Lipinski definition) is 0. The zero-order valence-electron chi connectivity index (χ0n) is 13.0. The van der Waals surface area contributed by atoms with Gasteiger partial charge < -0.3 is 4.57 Å². The summed E-state index contributed by atoms with van der Waals surface area (Å²) in [5.74, 6) is -0.232. The Labute approximate surface area is 141 Å². The summed E-state index contributed by atoms with van der Waals surface area (Å²) in [6.07, 6.45) is 0.235. The van der Waals surface area contributed by atoms with E-state index in [1.807, 2.05) is 41.8 Å². The van der Waals surface area contributed by atoms with Crippen LogP contribution in [0.3, 0.4) is 0 Å². The van der Waals surface area contributed by atoms with Crippen molar-refractivity contribution in [1.82, 2.24) is 4.57 Å². The molecular formula is C17H15N3O3S. The Morgan fingerprint density at radius 1 is 1.25 bits per heavy atom. The van der Waals surface area contributed by atoms with Gasteiger partial charge in [0.15, 0.2) is 4.80 Å². The summed E-state index contributed by atoms with van der Waals surface area (Å²) in [7, 11) is 0. The Bertz CT molecular complexity index is 974. The Morgan fingerprint density at radius 2 is 2.00 bits per heavy atom. The van der Waals surface area contributed by atoms with E-state index in [1.165, 1.54) is 23.5 Å². The quantitative estimate of drug-likeness (QED) is 0.539. The molecule has 2 aromatic carbocycles. The first kappa shape index (κ1) is 16.1. The summed E-state index contributed by atoms with van der Waals surface area (Å²) in [4.78, 5) is 27.5. The van der Waals surface area contributed by atoms with Crippen LogP contribution >= 0.6 is 11.3 Å². The zero-order valence-corrected chi connectivity index (χ0v) is 13.8. The molecule has 3 rings (SSSR count). The molecule has 1 heterocycles. The van der Waals surface area contributed by atoms with E-state index in [2.05, 4.69) is 4.99 Å². The Hall–Kier alpha value is -2.80. The molecule has 1 aromatic heterocycles. The van der Waals surface area contributed by atoms with E-state index in [1.54, 1.807) is 6.07 Å². The lowest BCUT2D eigenvalue weighted by molar-refractivity contribution is -0.384. The molecular weight excluding hydrogens is 326 g/mol. The number of hydrogen-bond acceptors (Lipinski definition) is 4. The lowest BCUT2D eigenvalue weighted by atomic mass is 10.1. The smallest absolute Gasteiger partial charge is 0.271 e. The van der Waals surface area contributed by atoms with Gasteiger partial charge in [-0.1, -0.05) is 41.7 Å². The highest BCUT2D eigenvalue weighted by Crippen LogP contribution is 2.23. The Kier molecular flexibility index (Phi) is 4.52. The molecule has 6 nitrogen and oxygen atoms in total. The fourth-order valence-corrected chi connectivity index (χ4v) is 3.57. The molecule has 0 saturated heterocycles. The maximum Gasteiger partial charge on any atom is 0.271 e. The first-order valence-corrected chi connectivity index (χ1v) is 8.29. The van der Waals surface area contributed by atoms with Crippen LogP contribution < -0.4 is 4.80 Å². The largest absolute Gasteiger partial charge is 0.316 e. The number of carbonyl (C=O) groups is 1. The van der Waals surface area contributed by atoms with Gasteiger partial charge in [-0.25, -0.2) is 0 Å². The van der Waals surface area contributed by atoms with E-state index in [-0.39, 0.29) is 18.0 Å². The van der Waals surface area contributed by atoms with Gasteiger partial charge in [0.2, 0.25) is 0 Å². The highest BCUT2D eigenvalue weighted by Gasteiger charge is 2.12. The van der Waals surface area contributed by atoms with Gasteiger partial charge in [0.05, 0.1) is 21.6 Å². The number of nitrogens with zero attached hydrogens (tertiary/aromatic N) is 3. The lowest BCUT2D eigenvalue weighted by Crippen LogP contribution is -2.16. The third-order valence-corrected chi connectivity index (χ3v) is 4.67. The number of aryl methyl sites for hydroxylation is 1. The minimum absolute atomic E-state index is 0.0321. The first-order valence-electron chi connectivity index (χ1n) is 7.47. The van der Waals surface area contributed by atoms with Gasteiger partial charge in [0.25, 0.3) is 11.6 Å². The number of thiazole rings is 1.